The van der Waals surface area contributed by atoms with E-state index in [2.05, 4.69) is 17.2 Å². The smallest absolute Gasteiger partial charge is 0.326 e. The number of hydrogen-bond acceptors (Lipinski definition) is 4. The number of urea groups is 1. The quantitative estimate of drug-likeness (QED) is 0.306. The van der Waals surface area contributed by atoms with E-state index in [9.17, 15) is 14.4 Å². The molecule has 0 spiro atoms. The van der Waals surface area contributed by atoms with Gasteiger partial charge in [0, 0.05) is 13.0 Å². The second-order valence-electron chi connectivity index (χ2n) is 3.66. The molecule has 0 unspecified atom stereocenters. The molecular weight excluding hydrogens is 254 g/mol. The van der Waals surface area contributed by atoms with Crippen LogP contribution in [0.1, 0.15) is 12.8 Å². The van der Waals surface area contributed by atoms with Crippen LogP contribution in [0.2, 0.25) is 0 Å². The van der Waals surface area contributed by atoms with Gasteiger partial charge in [-0.25, -0.2) is 9.59 Å². The minimum Gasteiger partial charge on any atom is -0.480 e. The Hall–Kier alpha value is -2.09. The first-order valence-corrected chi connectivity index (χ1v) is 5.71. The normalized spacial score (nSPS) is 11.4. The summed E-state index contributed by atoms with van der Waals surface area (Å²) in [4.78, 5) is 32.8. The molecule has 0 saturated heterocycles. The molecule has 0 fully saturated rings. The summed E-state index contributed by atoms with van der Waals surface area (Å²) in [6, 6.07) is -1.79. The Balaban J connectivity index is 3.93. The topological polar surface area (TPSA) is 131 Å². The molecule has 0 aliphatic carbocycles. The number of nitrogens with one attached hydrogen (secondary N) is 2. The molecule has 0 aromatic rings. The van der Waals surface area contributed by atoms with Gasteiger partial charge in [-0.15, -0.1) is 6.58 Å². The molecule has 0 rings (SSSR count). The summed E-state index contributed by atoms with van der Waals surface area (Å²) in [6.45, 7) is 4.36. The van der Waals surface area contributed by atoms with Crippen LogP contribution in [0.5, 0.6) is 0 Å². The molecule has 0 bridgehead atoms. The number of primary amides is 1. The number of hydrogen-bond donors (Lipinski definition) is 4. The Morgan fingerprint density at radius 3 is 2.63 bits per heavy atom. The minimum absolute atomic E-state index is 0.0505. The van der Waals surface area contributed by atoms with Crippen LogP contribution < -0.4 is 16.4 Å². The number of amides is 3. The summed E-state index contributed by atoms with van der Waals surface area (Å²) >= 11 is 0. The van der Waals surface area contributed by atoms with Gasteiger partial charge in [-0.3, -0.25) is 4.79 Å². The molecule has 0 heterocycles. The largest absolute Gasteiger partial charge is 0.480 e. The second kappa shape index (κ2) is 9.89. The molecule has 8 nitrogen and oxygen atoms in total. The molecule has 108 valence electrons. The van der Waals surface area contributed by atoms with E-state index in [-0.39, 0.29) is 19.4 Å². The average Bonchev–Trinajstić information content (AvgIpc) is 2.33. The van der Waals surface area contributed by atoms with Gasteiger partial charge in [0.25, 0.3) is 0 Å². The van der Waals surface area contributed by atoms with Gasteiger partial charge in [0.2, 0.25) is 5.91 Å². The number of carbonyl (C=O) groups is 3. The number of carboxylic acids is 1. The Morgan fingerprint density at radius 2 is 2.11 bits per heavy atom. The van der Waals surface area contributed by atoms with Crippen molar-refractivity contribution in [2.45, 2.75) is 18.9 Å². The Labute approximate surface area is 111 Å². The fourth-order valence-electron chi connectivity index (χ4n) is 1.16. The maximum absolute atomic E-state index is 11.4. The van der Waals surface area contributed by atoms with E-state index in [1.807, 2.05) is 0 Å². The number of carboxylic acid groups (broad SMARTS) is 1. The van der Waals surface area contributed by atoms with E-state index in [4.69, 9.17) is 15.6 Å². The first kappa shape index (κ1) is 16.9. The third-order valence-electron chi connectivity index (χ3n) is 2.05. The summed E-state index contributed by atoms with van der Waals surface area (Å²) in [5.41, 5.74) is 4.91. The van der Waals surface area contributed by atoms with Gasteiger partial charge in [-0.05, 0) is 6.42 Å². The van der Waals surface area contributed by atoms with Crippen LogP contribution >= 0.6 is 0 Å². The van der Waals surface area contributed by atoms with Crippen LogP contribution in [0.3, 0.4) is 0 Å². The van der Waals surface area contributed by atoms with Crippen molar-refractivity contribution in [1.82, 2.24) is 10.6 Å². The van der Waals surface area contributed by atoms with Crippen LogP contribution in [0, 0.1) is 0 Å². The van der Waals surface area contributed by atoms with Crippen LogP contribution in [0.15, 0.2) is 12.7 Å². The highest BCUT2D eigenvalue weighted by molar-refractivity contribution is 5.83. The third kappa shape index (κ3) is 9.60. The summed E-state index contributed by atoms with van der Waals surface area (Å²) in [7, 11) is 0. The molecule has 0 saturated carbocycles. The number of rotatable bonds is 10. The molecule has 8 heteroatoms. The Bertz CT molecular complexity index is 332. The lowest BCUT2D eigenvalue weighted by atomic mass is 10.1. The lowest BCUT2D eigenvalue weighted by Gasteiger charge is -2.14. The van der Waals surface area contributed by atoms with E-state index >= 15 is 0 Å². The van der Waals surface area contributed by atoms with Gasteiger partial charge in [-0.1, -0.05) is 6.08 Å². The number of nitrogens with two attached hydrogens (primary N) is 1. The average molecular weight is 273 g/mol. The van der Waals surface area contributed by atoms with E-state index < -0.39 is 23.9 Å². The lowest BCUT2D eigenvalue weighted by Crippen LogP contribution is -2.47. The first-order valence-electron chi connectivity index (χ1n) is 5.71. The van der Waals surface area contributed by atoms with Crippen LogP contribution in [-0.4, -0.2) is 48.8 Å². The molecular formula is C11H19N3O5. The fraction of sp³-hybridized carbons (Fsp3) is 0.545. The molecule has 0 aliphatic rings. The molecule has 3 amide bonds. The molecule has 0 aliphatic heterocycles. The summed E-state index contributed by atoms with van der Waals surface area (Å²) in [5, 5.41) is 13.5. The van der Waals surface area contributed by atoms with E-state index in [0.29, 0.717) is 13.2 Å². The first-order chi connectivity index (χ1) is 8.97. The highest BCUT2D eigenvalue weighted by atomic mass is 16.5. The maximum atomic E-state index is 11.4. The van der Waals surface area contributed by atoms with Crippen molar-refractivity contribution in [2.75, 3.05) is 19.8 Å². The van der Waals surface area contributed by atoms with Gasteiger partial charge in [0.15, 0.2) is 0 Å². The van der Waals surface area contributed by atoms with Crippen LogP contribution in [-0.2, 0) is 14.3 Å². The summed E-state index contributed by atoms with van der Waals surface area (Å²) in [5.74, 6) is -1.84. The van der Waals surface area contributed by atoms with Crippen molar-refractivity contribution >= 4 is 17.9 Å². The predicted octanol–water partition coefficient (Wildman–Crippen LogP) is -0.793. The SMILES string of the molecule is C=CCOCCNC(=O)N[C@@H](CCC(N)=O)C(=O)O. The maximum Gasteiger partial charge on any atom is 0.326 e. The number of aliphatic carboxylic acids is 1. The molecule has 0 radical (unpaired) electrons. The van der Waals surface area contributed by atoms with E-state index in [0.717, 1.165) is 0 Å². The molecule has 19 heavy (non-hydrogen) atoms. The van der Waals surface area contributed by atoms with Gasteiger partial charge < -0.3 is 26.2 Å². The van der Waals surface area contributed by atoms with Crippen LogP contribution in [0.4, 0.5) is 4.79 Å². The highest BCUT2D eigenvalue weighted by Gasteiger charge is 2.20. The van der Waals surface area contributed by atoms with Crippen molar-refractivity contribution in [1.29, 1.82) is 0 Å². The van der Waals surface area contributed by atoms with Crippen molar-refractivity contribution in [3.8, 4) is 0 Å². The highest BCUT2D eigenvalue weighted by Crippen LogP contribution is 1.97. The number of carbonyl (C=O) groups excluding carboxylic acids is 2. The Kier molecular flexibility index (Phi) is 8.80. The zero-order chi connectivity index (χ0) is 14.7. The van der Waals surface area contributed by atoms with Gasteiger partial charge >= 0.3 is 12.0 Å². The molecule has 0 aromatic heterocycles. The molecule has 0 aromatic carbocycles. The Morgan fingerprint density at radius 1 is 1.42 bits per heavy atom. The van der Waals surface area contributed by atoms with Crippen molar-refractivity contribution in [2.24, 2.45) is 5.73 Å². The zero-order valence-electron chi connectivity index (χ0n) is 10.6. The third-order valence-corrected chi connectivity index (χ3v) is 2.05. The summed E-state index contributed by atoms with van der Waals surface area (Å²) < 4.78 is 5.03. The summed E-state index contributed by atoms with van der Waals surface area (Å²) in [6.07, 6.45) is 1.41. The van der Waals surface area contributed by atoms with Crippen molar-refractivity contribution < 1.29 is 24.2 Å². The van der Waals surface area contributed by atoms with Gasteiger partial charge in [0.05, 0.1) is 13.2 Å². The van der Waals surface area contributed by atoms with Crippen LogP contribution in [0.25, 0.3) is 0 Å². The monoisotopic (exact) mass is 273 g/mol. The van der Waals surface area contributed by atoms with Gasteiger partial charge in [0.1, 0.15) is 6.04 Å². The molecule has 1 atom stereocenters. The van der Waals surface area contributed by atoms with Gasteiger partial charge in [-0.2, -0.15) is 0 Å². The molecule has 5 N–H and O–H groups in total. The van der Waals surface area contributed by atoms with E-state index in [1.54, 1.807) is 6.08 Å². The minimum atomic E-state index is -1.22. The zero-order valence-corrected chi connectivity index (χ0v) is 10.6. The van der Waals surface area contributed by atoms with Crippen molar-refractivity contribution in [3.05, 3.63) is 12.7 Å². The second-order valence-corrected chi connectivity index (χ2v) is 3.66. The standard InChI is InChI=1S/C11H19N3O5/c1-2-6-19-7-5-13-11(18)14-8(10(16)17)3-4-9(12)15/h2,8H,1,3-7H2,(H2,12,15)(H,16,17)(H2,13,14,18)/t8-/m0/s1. The van der Waals surface area contributed by atoms with Crippen molar-refractivity contribution in [3.63, 3.8) is 0 Å². The fourth-order valence-corrected chi connectivity index (χ4v) is 1.16. The lowest BCUT2D eigenvalue weighted by molar-refractivity contribution is -0.139. The number of ether oxygens (including phenoxy) is 1. The predicted molar refractivity (Wildman–Crippen MR) is 67.4 cm³/mol. The van der Waals surface area contributed by atoms with E-state index in [1.165, 1.54) is 0 Å².